The van der Waals surface area contributed by atoms with Crippen LogP contribution in [0.5, 0.6) is 11.5 Å². The molecule has 0 fully saturated rings. The summed E-state index contributed by atoms with van der Waals surface area (Å²) >= 11 is 0. The lowest BCUT2D eigenvalue weighted by Gasteiger charge is -2.27. The molecule has 2 aromatic rings. The van der Waals surface area contributed by atoms with Crippen LogP contribution >= 0.6 is 0 Å². The van der Waals surface area contributed by atoms with Crippen LogP contribution in [0.15, 0.2) is 48.5 Å². The van der Waals surface area contributed by atoms with Crippen molar-refractivity contribution in [2.75, 3.05) is 13.2 Å². The number of rotatable bonds is 4. The summed E-state index contributed by atoms with van der Waals surface area (Å²) in [6, 6.07) is 12.9. The van der Waals surface area contributed by atoms with Gasteiger partial charge in [0, 0.05) is 0 Å². The van der Waals surface area contributed by atoms with Gasteiger partial charge in [0.15, 0.2) is 11.5 Å². The zero-order chi connectivity index (χ0) is 19.0. The van der Waals surface area contributed by atoms with Crippen molar-refractivity contribution < 1.29 is 23.9 Å². The molecule has 2 aliphatic heterocycles. The number of carbonyl (C=O) groups excluding carboxylic acids is 3. The Morgan fingerprint density at radius 1 is 1.07 bits per heavy atom. The third-order valence-electron chi connectivity index (χ3n) is 4.66. The Balaban J connectivity index is 1.38. The molecule has 27 heavy (non-hydrogen) atoms. The van der Waals surface area contributed by atoms with Crippen LogP contribution in [-0.4, -0.2) is 47.9 Å². The summed E-state index contributed by atoms with van der Waals surface area (Å²) in [6.07, 6.45) is -0.349. The Bertz CT molecular complexity index is 891. The minimum absolute atomic E-state index is 0.209. The van der Waals surface area contributed by atoms with Gasteiger partial charge in [-0.15, -0.1) is 0 Å². The molecule has 1 N–H and O–H groups in total. The van der Waals surface area contributed by atoms with Gasteiger partial charge in [0.25, 0.3) is 11.8 Å². The number of para-hydroxylation sites is 2. The number of amides is 3. The molecular formula is C20H18N2O5. The number of carbonyl (C=O) groups is 3. The number of imide groups is 1. The fraction of sp³-hybridized carbons (Fsp3) is 0.250. The maximum absolute atomic E-state index is 12.5. The van der Waals surface area contributed by atoms with Gasteiger partial charge in [-0.2, -0.15) is 0 Å². The Hall–Kier alpha value is -3.35. The third-order valence-corrected chi connectivity index (χ3v) is 4.66. The molecule has 7 nitrogen and oxygen atoms in total. The van der Waals surface area contributed by atoms with Crippen LogP contribution < -0.4 is 14.8 Å². The fourth-order valence-corrected chi connectivity index (χ4v) is 3.20. The second-order valence-electron chi connectivity index (χ2n) is 6.44. The van der Waals surface area contributed by atoms with Crippen LogP contribution in [0.2, 0.25) is 0 Å². The van der Waals surface area contributed by atoms with Gasteiger partial charge < -0.3 is 14.8 Å². The van der Waals surface area contributed by atoms with Crippen molar-refractivity contribution in [3.05, 3.63) is 59.7 Å². The van der Waals surface area contributed by atoms with Gasteiger partial charge in [0.2, 0.25) is 5.91 Å². The van der Waals surface area contributed by atoms with Crippen molar-refractivity contribution in [1.82, 2.24) is 10.2 Å². The number of benzene rings is 2. The van der Waals surface area contributed by atoms with E-state index in [1.54, 1.807) is 30.3 Å². The highest BCUT2D eigenvalue weighted by Gasteiger charge is 2.40. The lowest BCUT2D eigenvalue weighted by atomic mass is 10.1. The van der Waals surface area contributed by atoms with Crippen LogP contribution in [0.4, 0.5) is 0 Å². The standard InChI is InChI=1S/C20H18N2O5/c1-12(22-19(24)14-6-2-3-7-15(14)20(22)25)18(23)21-10-13-11-26-16-8-4-5-9-17(16)27-13/h2-9,12-13H,10-11H2,1H3,(H,21,23)/t12-,13+/m1/s1. The smallest absolute Gasteiger partial charge is 0.262 e. The fourth-order valence-electron chi connectivity index (χ4n) is 3.20. The molecule has 2 aliphatic rings. The molecule has 0 saturated heterocycles. The van der Waals surface area contributed by atoms with Gasteiger partial charge in [-0.05, 0) is 31.2 Å². The summed E-state index contributed by atoms with van der Waals surface area (Å²) in [5, 5.41) is 2.74. The van der Waals surface area contributed by atoms with Crippen molar-refractivity contribution in [3.63, 3.8) is 0 Å². The maximum atomic E-state index is 12.5. The van der Waals surface area contributed by atoms with E-state index in [-0.39, 0.29) is 12.6 Å². The normalized spacial score (nSPS) is 18.9. The van der Waals surface area contributed by atoms with Crippen LogP contribution in [0, 0.1) is 0 Å². The molecule has 7 heteroatoms. The van der Waals surface area contributed by atoms with Crippen LogP contribution in [0.1, 0.15) is 27.6 Å². The van der Waals surface area contributed by atoms with Crippen molar-refractivity contribution >= 4 is 17.7 Å². The zero-order valence-electron chi connectivity index (χ0n) is 14.7. The minimum Gasteiger partial charge on any atom is -0.486 e. The summed E-state index contributed by atoms with van der Waals surface area (Å²) < 4.78 is 11.4. The van der Waals surface area contributed by atoms with E-state index in [2.05, 4.69) is 5.32 Å². The third kappa shape index (κ3) is 3.01. The van der Waals surface area contributed by atoms with Crippen molar-refractivity contribution in [1.29, 1.82) is 0 Å². The number of hydrogen-bond acceptors (Lipinski definition) is 5. The molecule has 4 rings (SSSR count). The summed E-state index contributed by atoms with van der Waals surface area (Å²) in [7, 11) is 0. The predicted octanol–water partition coefficient (Wildman–Crippen LogP) is 1.63. The Morgan fingerprint density at radius 3 is 2.33 bits per heavy atom. The van der Waals surface area contributed by atoms with Crippen molar-refractivity contribution in [3.8, 4) is 11.5 Å². The molecule has 0 unspecified atom stereocenters. The van der Waals surface area contributed by atoms with E-state index in [1.807, 2.05) is 18.2 Å². The molecule has 0 aliphatic carbocycles. The number of ether oxygens (including phenoxy) is 2. The Morgan fingerprint density at radius 2 is 1.67 bits per heavy atom. The highest BCUT2D eigenvalue weighted by Crippen LogP contribution is 2.30. The molecule has 2 atom stereocenters. The highest BCUT2D eigenvalue weighted by atomic mass is 16.6. The molecule has 0 radical (unpaired) electrons. The molecule has 3 amide bonds. The number of nitrogens with one attached hydrogen (secondary N) is 1. The Kier molecular flexibility index (Phi) is 4.27. The van der Waals surface area contributed by atoms with Gasteiger partial charge in [0.05, 0.1) is 17.7 Å². The summed E-state index contributed by atoms with van der Waals surface area (Å²) in [5.41, 5.74) is 0.644. The van der Waals surface area contributed by atoms with Crippen molar-refractivity contribution in [2.24, 2.45) is 0 Å². The second kappa shape index (κ2) is 6.75. The number of fused-ring (bicyclic) bond motifs is 2. The van der Waals surface area contributed by atoms with E-state index >= 15 is 0 Å². The van der Waals surface area contributed by atoms with Gasteiger partial charge in [-0.3, -0.25) is 19.3 Å². The van der Waals surface area contributed by atoms with Crippen LogP contribution in [-0.2, 0) is 4.79 Å². The first kappa shape index (κ1) is 17.1. The molecule has 2 heterocycles. The average Bonchev–Trinajstić information content (AvgIpc) is 2.96. The molecule has 0 aromatic heterocycles. The maximum Gasteiger partial charge on any atom is 0.262 e. The lowest BCUT2D eigenvalue weighted by molar-refractivity contribution is -0.125. The largest absolute Gasteiger partial charge is 0.486 e. The van der Waals surface area contributed by atoms with E-state index in [0.717, 1.165) is 4.90 Å². The minimum atomic E-state index is -0.922. The summed E-state index contributed by atoms with van der Waals surface area (Å²) in [6.45, 7) is 2.05. The van der Waals surface area contributed by atoms with E-state index in [4.69, 9.17) is 9.47 Å². The first-order chi connectivity index (χ1) is 13.1. The Labute approximate surface area is 155 Å². The van der Waals surface area contributed by atoms with Crippen molar-refractivity contribution in [2.45, 2.75) is 19.1 Å². The van der Waals surface area contributed by atoms with Crippen LogP contribution in [0.3, 0.4) is 0 Å². The van der Waals surface area contributed by atoms with Gasteiger partial charge in [-0.1, -0.05) is 24.3 Å². The van der Waals surface area contributed by atoms with Gasteiger partial charge in [0.1, 0.15) is 18.8 Å². The number of hydrogen-bond donors (Lipinski definition) is 1. The van der Waals surface area contributed by atoms with E-state index in [1.165, 1.54) is 6.92 Å². The summed E-state index contributed by atoms with van der Waals surface area (Å²) in [4.78, 5) is 38.5. The van der Waals surface area contributed by atoms with E-state index in [9.17, 15) is 14.4 Å². The quantitative estimate of drug-likeness (QED) is 0.832. The first-order valence-corrected chi connectivity index (χ1v) is 8.69. The first-order valence-electron chi connectivity index (χ1n) is 8.69. The predicted molar refractivity (Wildman–Crippen MR) is 95.8 cm³/mol. The molecule has 2 aromatic carbocycles. The lowest BCUT2D eigenvalue weighted by Crippen LogP contribution is -2.50. The highest BCUT2D eigenvalue weighted by molar-refractivity contribution is 6.22. The molecule has 0 spiro atoms. The van der Waals surface area contributed by atoms with E-state index < -0.39 is 23.8 Å². The molecule has 138 valence electrons. The molecule has 0 saturated carbocycles. The van der Waals surface area contributed by atoms with Gasteiger partial charge in [-0.25, -0.2) is 0 Å². The second-order valence-corrected chi connectivity index (χ2v) is 6.44. The SMILES string of the molecule is C[C@H](C(=O)NC[C@H]1COc2ccccc2O1)N1C(=O)c2ccccc2C1=O. The monoisotopic (exact) mass is 366 g/mol. The molecule has 0 bridgehead atoms. The number of nitrogens with zero attached hydrogens (tertiary/aromatic N) is 1. The van der Waals surface area contributed by atoms with Crippen LogP contribution in [0.25, 0.3) is 0 Å². The molecular weight excluding hydrogens is 348 g/mol. The average molecular weight is 366 g/mol. The zero-order valence-corrected chi connectivity index (χ0v) is 14.7. The van der Waals surface area contributed by atoms with Gasteiger partial charge >= 0.3 is 0 Å². The van der Waals surface area contributed by atoms with E-state index in [0.29, 0.717) is 29.2 Å². The summed E-state index contributed by atoms with van der Waals surface area (Å²) in [5.74, 6) is -0.0447. The topological polar surface area (TPSA) is 84.9 Å².